The highest BCUT2D eigenvalue weighted by Gasteiger charge is 2.84. The zero-order valence-corrected chi connectivity index (χ0v) is 30.3. The molecule has 7 fully saturated rings. The fourth-order valence-electron chi connectivity index (χ4n) is 13.8. The Balaban J connectivity index is 1.13. The highest BCUT2D eigenvalue weighted by molar-refractivity contribution is 5.73. The van der Waals surface area contributed by atoms with Crippen molar-refractivity contribution in [2.24, 2.45) is 50.7 Å². The van der Waals surface area contributed by atoms with E-state index in [1.165, 1.54) is 19.8 Å². The molecular formula is C38H61NO8. The van der Waals surface area contributed by atoms with Crippen molar-refractivity contribution in [1.29, 1.82) is 0 Å². The molecule has 7 rings (SSSR count). The number of amides is 1. The number of rotatable bonds is 5. The van der Waals surface area contributed by atoms with Crippen molar-refractivity contribution < 1.29 is 38.7 Å². The lowest BCUT2D eigenvalue weighted by Crippen LogP contribution is -2.60. The van der Waals surface area contributed by atoms with Crippen LogP contribution in [-0.2, 0) is 28.5 Å². The average Bonchev–Trinajstić information content (AvgIpc) is 3.61. The number of nitrogens with zero attached hydrogens (tertiary/aromatic N) is 1. The molecule has 266 valence electrons. The first-order valence-corrected chi connectivity index (χ1v) is 18.6. The Morgan fingerprint density at radius 3 is 2.34 bits per heavy atom. The molecule has 7 aliphatic rings. The van der Waals surface area contributed by atoms with Crippen LogP contribution in [0.3, 0.4) is 0 Å². The lowest BCUT2D eigenvalue weighted by atomic mass is 9.41. The van der Waals surface area contributed by atoms with Crippen LogP contribution < -0.4 is 0 Å². The molecule has 9 nitrogen and oxygen atoms in total. The normalized spacial score (nSPS) is 50.6. The fourth-order valence-corrected chi connectivity index (χ4v) is 13.8. The molecule has 0 radical (unpaired) electrons. The summed E-state index contributed by atoms with van der Waals surface area (Å²) in [6.07, 6.45) is 6.05. The van der Waals surface area contributed by atoms with Crippen molar-refractivity contribution >= 4 is 11.9 Å². The van der Waals surface area contributed by atoms with E-state index in [2.05, 4.69) is 34.6 Å². The van der Waals surface area contributed by atoms with Crippen LogP contribution >= 0.6 is 0 Å². The molecule has 9 heteroatoms. The largest absolute Gasteiger partial charge is 0.457 e. The summed E-state index contributed by atoms with van der Waals surface area (Å²) in [5.74, 6) is 1.06. The van der Waals surface area contributed by atoms with Crippen molar-refractivity contribution in [3.63, 3.8) is 0 Å². The first-order chi connectivity index (χ1) is 21.8. The van der Waals surface area contributed by atoms with Crippen LogP contribution in [0.4, 0.5) is 0 Å². The number of morpholine rings is 1. The smallest absolute Gasteiger partial charge is 0.303 e. The van der Waals surface area contributed by atoms with E-state index in [1.807, 2.05) is 4.90 Å². The summed E-state index contributed by atoms with van der Waals surface area (Å²) in [5.41, 5.74) is -1.16. The van der Waals surface area contributed by atoms with E-state index >= 15 is 0 Å². The molecule has 0 bridgehead atoms. The molecule has 5 aliphatic carbocycles. The third kappa shape index (κ3) is 4.64. The number of aliphatic hydroxyl groups excluding tert-OH is 1. The third-order valence-corrected chi connectivity index (χ3v) is 15.9. The number of carbonyl (C=O) groups excluding carboxylic acids is 2. The van der Waals surface area contributed by atoms with Crippen LogP contribution in [0.15, 0.2) is 0 Å². The van der Waals surface area contributed by atoms with E-state index in [0.717, 1.165) is 32.1 Å². The van der Waals surface area contributed by atoms with Crippen molar-refractivity contribution in [2.45, 2.75) is 156 Å². The van der Waals surface area contributed by atoms with Crippen LogP contribution in [0, 0.1) is 50.7 Å². The van der Waals surface area contributed by atoms with E-state index in [4.69, 9.17) is 18.9 Å². The molecule has 0 aromatic heterocycles. The monoisotopic (exact) mass is 659 g/mol. The molecule has 5 saturated carbocycles. The van der Waals surface area contributed by atoms with Crippen molar-refractivity contribution in [3.05, 3.63) is 0 Å². The molecule has 14 atom stereocenters. The number of hydrogen-bond acceptors (Lipinski definition) is 8. The Kier molecular flexibility index (Phi) is 7.91. The summed E-state index contributed by atoms with van der Waals surface area (Å²) < 4.78 is 25.3. The molecule has 2 saturated heterocycles. The first-order valence-electron chi connectivity index (χ1n) is 18.6. The minimum absolute atomic E-state index is 0.0216. The van der Waals surface area contributed by atoms with Gasteiger partial charge in [-0.2, -0.15) is 0 Å². The number of ether oxygens (including phenoxy) is 4. The lowest BCUT2D eigenvalue weighted by molar-refractivity contribution is -0.247. The second-order valence-electron chi connectivity index (χ2n) is 18.6. The summed E-state index contributed by atoms with van der Waals surface area (Å²) in [6, 6.07) is 0. The number of fused-ring (bicyclic) bond motifs is 4. The Hall–Kier alpha value is -1.26. The van der Waals surface area contributed by atoms with Gasteiger partial charge in [-0.05, 0) is 111 Å². The van der Waals surface area contributed by atoms with Gasteiger partial charge in [0.1, 0.15) is 0 Å². The molecular weight excluding hydrogens is 598 g/mol. The average molecular weight is 660 g/mol. The van der Waals surface area contributed by atoms with Gasteiger partial charge in [-0.3, -0.25) is 9.59 Å². The van der Waals surface area contributed by atoms with Crippen molar-refractivity contribution in [1.82, 2.24) is 4.90 Å². The van der Waals surface area contributed by atoms with Crippen LogP contribution in [0.2, 0.25) is 0 Å². The maximum absolute atomic E-state index is 12.5. The van der Waals surface area contributed by atoms with Crippen LogP contribution in [0.5, 0.6) is 0 Å². The van der Waals surface area contributed by atoms with Gasteiger partial charge in [-0.1, -0.05) is 34.6 Å². The van der Waals surface area contributed by atoms with Gasteiger partial charge in [-0.15, -0.1) is 0 Å². The van der Waals surface area contributed by atoms with Gasteiger partial charge in [0.05, 0.1) is 43.2 Å². The Bertz CT molecular complexity index is 1280. The van der Waals surface area contributed by atoms with Gasteiger partial charge in [0.15, 0.2) is 12.4 Å². The fraction of sp³-hybridized carbons (Fsp3) is 0.947. The van der Waals surface area contributed by atoms with E-state index in [0.29, 0.717) is 38.0 Å². The number of esters is 1. The highest BCUT2D eigenvalue weighted by Crippen LogP contribution is 2.89. The molecule has 7 unspecified atom stereocenters. The van der Waals surface area contributed by atoms with Gasteiger partial charge in [-0.25, -0.2) is 0 Å². The maximum atomic E-state index is 12.5. The minimum Gasteiger partial charge on any atom is -0.457 e. The van der Waals surface area contributed by atoms with Crippen molar-refractivity contribution in [3.8, 4) is 0 Å². The molecule has 47 heavy (non-hydrogen) atoms. The van der Waals surface area contributed by atoms with Gasteiger partial charge in [0.25, 0.3) is 0 Å². The predicted octanol–water partition coefficient (Wildman–Crippen LogP) is 5.09. The zero-order valence-electron chi connectivity index (χ0n) is 30.3. The van der Waals surface area contributed by atoms with Gasteiger partial charge < -0.3 is 34.1 Å². The topological polar surface area (TPSA) is 115 Å². The minimum atomic E-state index is -1.26. The summed E-state index contributed by atoms with van der Waals surface area (Å²) >= 11 is 0. The number of aliphatic hydroxyl groups is 2. The predicted molar refractivity (Wildman–Crippen MR) is 175 cm³/mol. The summed E-state index contributed by atoms with van der Waals surface area (Å²) in [6.45, 7) is 19.9. The molecule has 1 amide bonds. The van der Waals surface area contributed by atoms with Crippen LogP contribution in [-0.4, -0.2) is 89.1 Å². The van der Waals surface area contributed by atoms with Crippen LogP contribution in [0.1, 0.15) is 114 Å². The summed E-state index contributed by atoms with van der Waals surface area (Å²) in [4.78, 5) is 26.0. The Morgan fingerprint density at radius 2 is 1.68 bits per heavy atom. The van der Waals surface area contributed by atoms with Crippen LogP contribution in [0.25, 0.3) is 0 Å². The first kappa shape index (κ1) is 34.2. The third-order valence-electron chi connectivity index (χ3n) is 15.9. The molecule has 0 aromatic rings. The Labute approximate surface area is 281 Å². The summed E-state index contributed by atoms with van der Waals surface area (Å²) in [5, 5.41) is 23.6. The van der Waals surface area contributed by atoms with Crippen molar-refractivity contribution in [2.75, 3.05) is 19.7 Å². The zero-order chi connectivity index (χ0) is 34.1. The number of hydrogen-bond donors (Lipinski definition) is 2. The number of carbonyl (C=O) groups is 2. The van der Waals surface area contributed by atoms with Gasteiger partial charge >= 0.3 is 5.97 Å². The van der Waals surface area contributed by atoms with E-state index in [-0.39, 0.29) is 63.3 Å². The quantitative estimate of drug-likeness (QED) is 0.393. The standard InChI is InChI=1S/C38H61NO8/c1-21-18-24(32(34(6,7)43)45-23(3)41)46-30-29(21)35(8)14-15-38-20-37(38)13-12-27(47-28-19-39(22(2)40)16-17-44-28)33(4,5)25(37)10-11-26(38)36(35,9)31(30)42/h21,24-32,42-43H,10-20H2,1-9H3/t21-,24?,25+,26?,27+,28?,29+,30?,31+,32+,35?,36-,37?,38?/m1/s1. The molecule has 2 aliphatic heterocycles. The summed E-state index contributed by atoms with van der Waals surface area (Å²) in [7, 11) is 0. The van der Waals surface area contributed by atoms with E-state index in [9.17, 15) is 19.8 Å². The SMILES string of the molecule is CC(=O)O[C@@H](C1C[C@@H](C)[C@H]2C(O1)[C@H](O)[C@@]1(C)C3CC[C@H]4C(C)(C)[C@@H](OC5CN(C(C)=O)CCO5)CCC45CC35CCC21C)C(C)(C)O. The Morgan fingerprint density at radius 1 is 1.00 bits per heavy atom. The second kappa shape index (κ2) is 10.9. The lowest BCUT2D eigenvalue weighted by Gasteiger charge is -2.64. The van der Waals surface area contributed by atoms with Gasteiger partial charge in [0.2, 0.25) is 5.91 Å². The van der Waals surface area contributed by atoms with E-state index < -0.39 is 29.9 Å². The molecule has 2 heterocycles. The highest BCUT2D eigenvalue weighted by atomic mass is 16.7. The molecule has 2 N–H and O–H groups in total. The van der Waals surface area contributed by atoms with Gasteiger partial charge in [0, 0.05) is 25.8 Å². The second-order valence-corrected chi connectivity index (χ2v) is 18.6. The maximum Gasteiger partial charge on any atom is 0.303 e. The molecule has 2 spiro atoms. The molecule has 0 aromatic carbocycles. The van der Waals surface area contributed by atoms with E-state index in [1.54, 1.807) is 20.8 Å².